The van der Waals surface area contributed by atoms with E-state index in [0.717, 1.165) is 34.2 Å². The van der Waals surface area contributed by atoms with Crippen molar-refractivity contribution in [1.29, 1.82) is 0 Å². The summed E-state index contributed by atoms with van der Waals surface area (Å²) in [6.07, 6.45) is 10.2. The van der Waals surface area contributed by atoms with Crippen molar-refractivity contribution in [2.24, 2.45) is 17.8 Å². The van der Waals surface area contributed by atoms with Gasteiger partial charge in [-0.15, -0.1) is 0 Å². The third-order valence-electron chi connectivity index (χ3n) is 7.95. The minimum atomic E-state index is -0.306. The number of methoxy groups -OCH3 is 1. The quantitative estimate of drug-likeness (QED) is 0.240. The molecule has 2 aliphatic rings. The summed E-state index contributed by atoms with van der Waals surface area (Å²) in [5, 5.41) is 0. The predicted molar refractivity (Wildman–Crippen MR) is 179 cm³/mol. The second-order valence-corrected chi connectivity index (χ2v) is 11.2. The van der Waals surface area contributed by atoms with Crippen LogP contribution < -0.4 is 9.80 Å². The predicted octanol–water partition coefficient (Wildman–Crippen LogP) is 8.80. The maximum Gasteiger partial charge on any atom is 0.292 e. The van der Waals surface area contributed by atoms with Gasteiger partial charge in [-0.25, -0.2) is 8.78 Å². The summed E-state index contributed by atoms with van der Waals surface area (Å²) in [4.78, 5) is 23.2. The number of ether oxygens (including phenoxy) is 1. The number of halogens is 2. The van der Waals surface area contributed by atoms with Crippen molar-refractivity contribution in [3.05, 3.63) is 89.5 Å². The summed E-state index contributed by atoms with van der Waals surface area (Å²) >= 11 is 0. The first kappa shape index (κ1) is 36.2. The molecule has 238 valence electrons. The van der Waals surface area contributed by atoms with E-state index in [0.29, 0.717) is 30.2 Å². The molecule has 0 aromatic heterocycles. The van der Waals surface area contributed by atoms with Crippen molar-refractivity contribution in [1.82, 2.24) is 0 Å². The molecule has 2 aliphatic carbocycles. The van der Waals surface area contributed by atoms with Crippen molar-refractivity contribution < 1.29 is 23.1 Å². The number of benzene rings is 3. The van der Waals surface area contributed by atoms with E-state index in [1.54, 1.807) is 12.1 Å². The van der Waals surface area contributed by atoms with Gasteiger partial charge in [-0.1, -0.05) is 56.7 Å². The smallest absolute Gasteiger partial charge is 0.292 e. The van der Waals surface area contributed by atoms with Crippen LogP contribution in [-0.2, 0) is 20.9 Å². The summed E-state index contributed by atoms with van der Waals surface area (Å²) in [5.41, 5.74) is 4.96. The zero-order chi connectivity index (χ0) is 32.6. The van der Waals surface area contributed by atoms with Crippen molar-refractivity contribution >= 4 is 30.2 Å². The molecule has 0 saturated heterocycles. The minimum Gasteiger partial charge on any atom is -0.471 e. The van der Waals surface area contributed by atoms with Crippen LogP contribution in [0.25, 0.3) is 17.2 Å². The Morgan fingerprint density at radius 3 is 2.00 bits per heavy atom. The Bertz CT molecular complexity index is 1340. The van der Waals surface area contributed by atoms with Gasteiger partial charge in [0.15, 0.2) is 0 Å². The molecule has 0 spiro atoms. The number of nitrogens with zero attached hydrogens (tertiary/aromatic N) is 2. The lowest BCUT2D eigenvalue weighted by Gasteiger charge is -2.21. The number of hydrogen-bond acceptors (Lipinski definition) is 5. The number of aldehydes is 1. The zero-order valence-electron chi connectivity index (χ0n) is 27.2. The van der Waals surface area contributed by atoms with Crippen LogP contribution in [0.4, 0.5) is 20.2 Å². The molecule has 2 fully saturated rings. The molecule has 3 unspecified atom stereocenters. The molecule has 5 rings (SSSR count). The number of allylic oxidation sites excluding steroid dienone is 1. The fourth-order valence-electron chi connectivity index (χ4n) is 5.72. The highest BCUT2D eigenvalue weighted by atomic mass is 19.1. The third-order valence-corrected chi connectivity index (χ3v) is 7.95. The first-order valence-electron chi connectivity index (χ1n) is 15.3. The highest BCUT2D eigenvalue weighted by Gasteiger charge is 2.38. The Morgan fingerprint density at radius 2 is 1.52 bits per heavy atom. The first-order valence-corrected chi connectivity index (χ1v) is 15.3. The van der Waals surface area contributed by atoms with E-state index in [1.807, 2.05) is 100 Å². The number of hydrogen-bond donors (Lipinski definition) is 0. The molecule has 0 aliphatic heterocycles. The molecule has 5 nitrogen and oxygen atoms in total. The van der Waals surface area contributed by atoms with Crippen molar-refractivity contribution in [3.63, 3.8) is 0 Å². The van der Waals surface area contributed by atoms with E-state index in [9.17, 15) is 13.6 Å². The van der Waals surface area contributed by atoms with Crippen molar-refractivity contribution in [3.8, 4) is 11.1 Å². The van der Waals surface area contributed by atoms with Crippen LogP contribution in [0.5, 0.6) is 0 Å². The molecular weight excluding hydrogens is 558 g/mol. The average Bonchev–Trinajstić information content (AvgIpc) is 3.67. The van der Waals surface area contributed by atoms with Crippen LogP contribution in [-0.4, -0.2) is 41.0 Å². The molecule has 0 heterocycles. The lowest BCUT2D eigenvalue weighted by atomic mass is 9.90. The maximum absolute atomic E-state index is 14.8. The molecule has 0 radical (unpaired) electrons. The molecule has 0 N–H and O–H groups in total. The Morgan fingerprint density at radius 1 is 0.864 bits per heavy atom. The van der Waals surface area contributed by atoms with Crippen LogP contribution in [0.3, 0.4) is 0 Å². The normalized spacial score (nSPS) is 17.7. The standard InChI is InChI=1S/C25H26F2N2.C8H12O.C2H4O2.C2H6/c1-5-6-18-13-22(26)16-24(14-18)29(4)17-21-8-7-20(15-25(21)27)19-9-11-23(12-10-19)28(2)3;9-5-8-4-6-1-2-7(8)3-6;1-4-2-3;1-2/h5-16H,17H2,1-4H3;5-8H,1-4H2;2H,1H3;1-2H3/b6-5+;;;. The number of carbonyl (C=O) groups is 2. The lowest BCUT2D eigenvalue weighted by molar-refractivity contribution is -0.126. The monoisotopic (exact) mass is 606 g/mol. The summed E-state index contributed by atoms with van der Waals surface area (Å²) in [6, 6.07) is 18.1. The van der Waals surface area contributed by atoms with Gasteiger partial charge in [-0.3, -0.25) is 4.79 Å². The second kappa shape index (κ2) is 18.6. The Kier molecular flexibility index (Phi) is 15.3. The number of rotatable bonds is 8. The summed E-state index contributed by atoms with van der Waals surface area (Å²) in [5.74, 6) is 1.58. The molecular formula is C37H48F2N2O3. The van der Waals surface area contributed by atoms with Gasteiger partial charge in [-0.2, -0.15) is 0 Å². The molecule has 2 bridgehead atoms. The van der Waals surface area contributed by atoms with Crippen LogP contribution in [0.2, 0.25) is 0 Å². The first-order chi connectivity index (χ1) is 21.2. The number of carbonyl (C=O) groups excluding carboxylic acids is 2. The minimum absolute atomic E-state index is 0.267. The van der Waals surface area contributed by atoms with E-state index in [-0.39, 0.29) is 11.6 Å². The topological polar surface area (TPSA) is 49.9 Å². The molecule has 7 heteroatoms. The second-order valence-electron chi connectivity index (χ2n) is 11.2. The van der Waals surface area contributed by atoms with E-state index < -0.39 is 0 Å². The van der Waals surface area contributed by atoms with Crippen molar-refractivity contribution in [2.75, 3.05) is 38.1 Å². The van der Waals surface area contributed by atoms with Gasteiger partial charge < -0.3 is 19.3 Å². The maximum atomic E-state index is 14.8. The Balaban J connectivity index is 0.000000368. The largest absolute Gasteiger partial charge is 0.471 e. The van der Waals surface area contributed by atoms with Crippen LogP contribution >= 0.6 is 0 Å². The number of fused-ring (bicyclic) bond motifs is 2. The molecule has 44 heavy (non-hydrogen) atoms. The van der Waals surface area contributed by atoms with E-state index in [4.69, 9.17) is 4.79 Å². The summed E-state index contributed by atoms with van der Waals surface area (Å²) < 4.78 is 32.6. The van der Waals surface area contributed by atoms with Gasteiger partial charge >= 0.3 is 0 Å². The van der Waals surface area contributed by atoms with Gasteiger partial charge in [0, 0.05) is 50.5 Å². The van der Waals surface area contributed by atoms with Crippen LogP contribution in [0, 0.1) is 29.4 Å². The zero-order valence-corrected chi connectivity index (χ0v) is 27.2. The summed E-state index contributed by atoms with van der Waals surface area (Å²) in [7, 11) is 7.12. The molecule has 0 amide bonds. The van der Waals surface area contributed by atoms with Crippen molar-refractivity contribution in [2.45, 2.75) is 53.0 Å². The molecule has 3 aromatic rings. The van der Waals surface area contributed by atoms with Gasteiger partial charge in [0.25, 0.3) is 6.47 Å². The fraction of sp³-hybridized carbons (Fsp3) is 0.405. The molecule has 3 atom stereocenters. The fourth-order valence-corrected chi connectivity index (χ4v) is 5.72. The Labute approximate surface area is 262 Å². The van der Waals surface area contributed by atoms with E-state index >= 15 is 0 Å². The van der Waals surface area contributed by atoms with Crippen LogP contribution in [0.15, 0.2) is 66.7 Å². The van der Waals surface area contributed by atoms with Crippen LogP contribution in [0.1, 0.15) is 57.6 Å². The van der Waals surface area contributed by atoms with Gasteiger partial charge in [-0.05, 0) is 91.1 Å². The highest BCUT2D eigenvalue weighted by molar-refractivity contribution is 5.67. The third kappa shape index (κ3) is 10.6. The highest BCUT2D eigenvalue weighted by Crippen LogP contribution is 2.47. The molecule has 3 aromatic carbocycles. The number of anilines is 2. The Hall–Kier alpha value is -4.00. The van der Waals surface area contributed by atoms with Gasteiger partial charge in [0.2, 0.25) is 0 Å². The van der Waals surface area contributed by atoms with Gasteiger partial charge in [0.05, 0.1) is 7.11 Å². The van der Waals surface area contributed by atoms with E-state index in [1.165, 1.54) is 51.2 Å². The lowest BCUT2D eigenvalue weighted by Crippen LogP contribution is -2.17. The molecule has 2 saturated carbocycles. The van der Waals surface area contributed by atoms with Gasteiger partial charge in [0.1, 0.15) is 17.9 Å². The summed E-state index contributed by atoms with van der Waals surface area (Å²) in [6.45, 7) is 6.61. The van der Waals surface area contributed by atoms with E-state index in [2.05, 4.69) is 4.74 Å². The SMILES string of the molecule is C/C=C/c1cc(F)cc(N(C)Cc2ccc(-c3ccc(N(C)C)cc3)cc2F)c1.CC.COC=O.O=CC1CC2CCC1C2. The average molecular weight is 607 g/mol.